The summed E-state index contributed by atoms with van der Waals surface area (Å²) in [4.78, 5) is 23.1. The van der Waals surface area contributed by atoms with Crippen LogP contribution in [-0.2, 0) is 7.05 Å². The number of aromatic nitrogens is 3. The second kappa shape index (κ2) is 8.22. The third-order valence-corrected chi connectivity index (χ3v) is 5.26. The van der Waals surface area contributed by atoms with Gasteiger partial charge in [0.2, 0.25) is 0 Å². The van der Waals surface area contributed by atoms with E-state index in [9.17, 15) is 14.9 Å². The van der Waals surface area contributed by atoms with Crippen molar-refractivity contribution in [2.24, 2.45) is 7.05 Å². The number of methoxy groups -OCH3 is 1. The maximum Gasteiger partial charge on any atom is 0.273 e. The summed E-state index contributed by atoms with van der Waals surface area (Å²) < 4.78 is 7.15. The zero-order chi connectivity index (χ0) is 20.3. The second-order valence-corrected chi connectivity index (χ2v) is 6.98. The van der Waals surface area contributed by atoms with Crippen LogP contribution in [0.5, 0.6) is 5.75 Å². The number of hydrogen-bond acceptors (Lipinski definition) is 7. The molecule has 0 saturated heterocycles. The van der Waals surface area contributed by atoms with Gasteiger partial charge in [-0.2, -0.15) is 0 Å². The summed E-state index contributed by atoms with van der Waals surface area (Å²) in [5, 5.41) is 20.0. The number of thioether (sulfide) groups is 1. The first-order chi connectivity index (χ1) is 13.4. The topological polar surface area (TPSA) is 100 Å². The largest absolute Gasteiger partial charge is 0.496 e. The van der Waals surface area contributed by atoms with Crippen LogP contribution in [0.15, 0.2) is 47.6 Å². The van der Waals surface area contributed by atoms with Crippen LogP contribution in [0.1, 0.15) is 15.9 Å². The SMILES string of the molecule is COc1ccccc1-c1nnc(SCC(=O)c2ccc(C)c([N+](=O)[O-])c2)n1C. The first-order valence-corrected chi connectivity index (χ1v) is 9.34. The number of nitro benzene ring substituents is 1. The van der Waals surface area contributed by atoms with Crippen LogP contribution in [0, 0.1) is 17.0 Å². The number of rotatable bonds is 7. The summed E-state index contributed by atoms with van der Waals surface area (Å²) in [6.45, 7) is 1.64. The molecule has 0 N–H and O–H groups in total. The molecular weight excluding hydrogens is 380 g/mol. The van der Waals surface area contributed by atoms with Crippen LogP contribution in [0.25, 0.3) is 11.4 Å². The predicted molar refractivity (Wildman–Crippen MR) is 106 cm³/mol. The fourth-order valence-electron chi connectivity index (χ4n) is 2.70. The molecule has 8 nitrogen and oxygen atoms in total. The predicted octanol–water partition coefficient (Wildman–Crippen LogP) is 3.68. The van der Waals surface area contributed by atoms with Gasteiger partial charge in [0.25, 0.3) is 5.69 Å². The van der Waals surface area contributed by atoms with Crippen LogP contribution in [0.3, 0.4) is 0 Å². The van der Waals surface area contributed by atoms with Crippen molar-refractivity contribution in [2.45, 2.75) is 12.1 Å². The minimum absolute atomic E-state index is 0.0621. The average molecular weight is 398 g/mol. The molecule has 1 heterocycles. The molecule has 0 atom stereocenters. The summed E-state index contributed by atoms with van der Waals surface area (Å²) in [7, 11) is 3.40. The summed E-state index contributed by atoms with van der Waals surface area (Å²) >= 11 is 1.23. The Labute approximate surface area is 165 Å². The smallest absolute Gasteiger partial charge is 0.273 e. The van der Waals surface area contributed by atoms with Crippen molar-refractivity contribution >= 4 is 23.2 Å². The van der Waals surface area contributed by atoms with E-state index in [1.807, 2.05) is 31.3 Å². The quantitative estimate of drug-likeness (QED) is 0.259. The molecule has 2 aromatic carbocycles. The van der Waals surface area contributed by atoms with E-state index in [-0.39, 0.29) is 17.2 Å². The number of nitro groups is 1. The molecule has 0 aliphatic carbocycles. The average Bonchev–Trinajstić information content (AvgIpc) is 3.06. The molecule has 9 heteroatoms. The third kappa shape index (κ3) is 3.89. The molecule has 3 aromatic rings. The van der Waals surface area contributed by atoms with Gasteiger partial charge >= 0.3 is 0 Å². The standard InChI is InChI=1S/C19H18N4O4S/c1-12-8-9-13(10-15(12)23(25)26)16(24)11-28-19-21-20-18(22(19)2)14-6-4-5-7-17(14)27-3/h4-10H,11H2,1-3H3. The normalized spacial score (nSPS) is 10.7. The zero-order valence-corrected chi connectivity index (χ0v) is 16.4. The van der Waals surface area contributed by atoms with E-state index in [1.54, 1.807) is 30.7 Å². The second-order valence-electron chi connectivity index (χ2n) is 6.04. The summed E-state index contributed by atoms with van der Waals surface area (Å²) in [6.07, 6.45) is 0. The van der Waals surface area contributed by atoms with Crippen LogP contribution < -0.4 is 4.74 Å². The van der Waals surface area contributed by atoms with E-state index < -0.39 is 4.92 Å². The van der Waals surface area contributed by atoms with E-state index in [0.717, 1.165) is 5.56 Å². The Kier molecular flexibility index (Phi) is 5.74. The molecule has 0 spiro atoms. The van der Waals surface area contributed by atoms with Gasteiger partial charge < -0.3 is 9.30 Å². The Morgan fingerprint density at radius 2 is 2.00 bits per heavy atom. The van der Waals surface area contributed by atoms with Gasteiger partial charge in [0.1, 0.15) is 5.75 Å². The maximum atomic E-state index is 12.5. The summed E-state index contributed by atoms with van der Waals surface area (Å²) in [5.74, 6) is 1.18. The van der Waals surface area contributed by atoms with Crippen molar-refractivity contribution in [3.05, 3.63) is 63.7 Å². The molecule has 0 unspecified atom stereocenters. The van der Waals surface area contributed by atoms with Gasteiger partial charge in [-0.15, -0.1) is 10.2 Å². The van der Waals surface area contributed by atoms with Crippen LogP contribution in [0.2, 0.25) is 0 Å². The van der Waals surface area contributed by atoms with Gasteiger partial charge in [0.15, 0.2) is 16.8 Å². The van der Waals surface area contributed by atoms with Gasteiger partial charge in [0, 0.05) is 24.2 Å². The number of hydrogen-bond donors (Lipinski definition) is 0. The Morgan fingerprint density at radius 1 is 1.25 bits per heavy atom. The van der Waals surface area contributed by atoms with Gasteiger partial charge in [-0.25, -0.2) is 0 Å². The molecule has 0 fully saturated rings. The van der Waals surface area contributed by atoms with Gasteiger partial charge in [-0.3, -0.25) is 14.9 Å². The van der Waals surface area contributed by atoms with Crippen LogP contribution in [-0.4, -0.2) is 38.3 Å². The van der Waals surface area contributed by atoms with E-state index in [1.165, 1.54) is 17.8 Å². The van der Waals surface area contributed by atoms with Crippen molar-refractivity contribution in [2.75, 3.05) is 12.9 Å². The zero-order valence-electron chi connectivity index (χ0n) is 15.6. The highest BCUT2D eigenvalue weighted by Crippen LogP contribution is 2.30. The molecule has 3 rings (SSSR count). The Bertz CT molecular complexity index is 1050. The lowest BCUT2D eigenvalue weighted by Gasteiger charge is -2.08. The van der Waals surface area contributed by atoms with E-state index in [2.05, 4.69) is 10.2 Å². The number of nitrogens with zero attached hydrogens (tertiary/aromatic N) is 4. The van der Waals surface area contributed by atoms with E-state index in [0.29, 0.717) is 27.9 Å². The minimum atomic E-state index is -0.485. The van der Waals surface area contributed by atoms with E-state index >= 15 is 0 Å². The molecular formula is C19H18N4O4S. The number of para-hydroxylation sites is 1. The fraction of sp³-hybridized carbons (Fsp3) is 0.211. The number of carbonyl (C=O) groups is 1. The van der Waals surface area contributed by atoms with Gasteiger partial charge in [0.05, 0.1) is 23.3 Å². The van der Waals surface area contributed by atoms with Crippen molar-refractivity contribution < 1.29 is 14.5 Å². The lowest BCUT2D eigenvalue weighted by atomic mass is 10.1. The maximum absolute atomic E-state index is 12.5. The van der Waals surface area contributed by atoms with Crippen LogP contribution in [0.4, 0.5) is 5.69 Å². The van der Waals surface area contributed by atoms with Crippen LogP contribution >= 0.6 is 11.8 Å². The third-order valence-electron chi connectivity index (χ3n) is 4.24. The molecule has 0 bridgehead atoms. The molecule has 28 heavy (non-hydrogen) atoms. The Balaban J connectivity index is 1.77. The van der Waals surface area contributed by atoms with Crippen molar-refractivity contribution in [1.29, 1.82) is 0 Å². The number of benzene rings is 2. The lowest BCUT2D eigenvalue weighted by molar-refractivity contribution is -0.385. The molecule has 0 amide bonds. The minimum Gasteiger partial charge on any atom is -0.496 e. The van der Waals surface area contributed by atoms with Gasteiger partial charge in [-0.1, -0.05) is 36.0 Å². The first-order valence-electron chi connectivity index (χ1n) is 8.36. The Morgan fingerprint density at radius 3 is 2.71 bits per heavy atom. The molecule has 0 saturated carbocycles. The number of ketones is 1. The molecule has 0 aliphatic heterocycles. The Hall–Kier alpha value is -3.20. The number of Topliss-reactive ketones (excluding diaryl/α,β-unsaturated/α-hetero) is 1. The first kappa shape index (κ1) is 19.6. The van der Waals surface area contributed by atoms with Crippen molar-refractivity contribution in [3.8, 4) is 17.1 Å². The number of ether oxygens (including phenoxy) is 1. The summed E-state index contributed by atoms with van der Waals surface area (Å²) in [6, 6.07) is 12.0. The summed E-state index contributed by atoms with van der Waals surface area (Å²) in [5.41, 5.74) is 1.56. The molecule has 144 valence electrons. The van der Waals surface area contributed by atoms with Crippen molar-refractivity contribution in [3.63, 3.8) is 0 Å². The van der Waals surface area contributed by atoms with Crippen molar-refractivity contribution in [1.82, 2.24) is 14.8 Å². The van der Waals surface area contributed by atoms with Gasteiger partial charge in [-0.05, 0) is 19.1 Å². The van der Waals surface area contributed by atoms with E-state index in [4.69, 9.17) is 4.74 Å². The number of aryl methyl sites for hydroxylation is 1. The monoisotopic (exact) mass is 398 g/mol. The highest BCUT2D eigenvalue weighted by molar-refractivity contribution is 7.99. The highest BCUT2D eigenvalue weighted by atomic mass is 32.2. The highest BCUT2D eigenvalue weighted by Gasteiger charge is 2.18. The molecule has 0 aliphatic rings. The lowest BCUT2D eigenvalue weighted by Crippen LogP contribution is -2.05. The fourth-order valence-corrected chi connectivity index (χ4v) is 3.50. The molecule has 1 aromatic heterocycles. The molecule has 0 radical (unpaired) electrons. The number of carbonyl (C=O) groups excluding carboxylic acids is 1.